The fourth-order valence-electron chi connectivity index (χ4n) is 0.914. The molecule has 0 amide bonds. The Hall–Kier alpha value is -0.610. The molecule has 0 saturated carbocycles. The van der Waals surface area contributed by atoms with Gasteiger partial charge in [-0.3, -0.25) is 10.0 Å². The van der Waals surface area contributed by atoms with Crippen molar-refractivity contribution in [3.63, 3.8) is 0 Å². The quantitative estimate of drug-likeness (QED) is 0.445. The molecule has 0 radical (unpaired) electrons. The standard InChI is InChI=1S/C5H9N3O/c1-7-3-6-4-8(7)5-2-9-5/h3,5H,2,4H2,1H3. The van der Waals surface area contributed by atoms with Crippen LogP contribution in [-0.4, -0.2) is 42.9 Å². The molecule has 2 aliphatic rings. The van der Waals surface area contributed by atoms with Crippen LogP contribution in [0.15, 0.2) is 4.99 Å². The maximum atomic E-state index is 5.07. The molecule has 0 bridgehead atoms. The van der Waals surface area contributed by atoms with E-state index in [1.165, 1.54) is 0 Å². The largest absolute Gasteiger partial charge is 0.355 e. The Balaban J connectivity index is 1.98. The van der Waals surface area contributed by atoms with Crippen LogP contribution in [0.25, 0.3) is 0 Å². The lowest BCUT2D eigenvalue weighted by molar-refractivity contribution is 0.0434. The first-order valence-corrected chi connectivity index (χ1v) is 2.99. The molecule has 2 aliphatic heterocycles. The first kappa shape index (κ1) is 5.20. The third kappa shape index (κ3) is 0.799. The number of nitrogens with zero attached hydrogens (tertiary/aromatic N) is 3. The first-order valence-electron chi connectivity index (χ1n) is 2.99. The van der Waals surface area contributed by atoms with Crippen LogP contribution in [-0.2, 0) is 4.74 Å². The van der Waals surface area contributed by atoms with Crippen molar-refractivity contribution in [3.8, 4) is 0 Å². The second-order valence-corrected chi connectivity index (χ2v) is 2.24. The summed E-state index contributed by atoms with van der Waals surface area (Å²) in [6.45, 7) is 1.61. The summed E-state index contributed by atoms with van der Waals surface area (Å²) in [6, 6.07) is 0. The number of hydrogen-bond acceptors (Lipinski definition) is 4. The minimum Gasteiger partial charge on any atom is -0.355 e. The van der Waals surface area contributed by atoms with E-state index in [9.17, 15) is 0 Å². The average Bonchev–Trinajstić information content (AvgIpc) is 2.58. The van der Waals surface area contributed by atoms with E-state index in [2.05, 4.69) is 10.0 Å². The van der Waals surface area contributed by atoms with Gasteiger partial charge in [0.15, 0.2) is 6.23 Å². The van der Waals surface area contributed by atoms with Crippen molar-refractivity contribution in [3.05, 3.63) is 0 Å². The van der Waals surface area contributed by atoms with E-state index < -0.39 is 0 Å². The Bertz CT molecular complexity index is 143. The smallest absolute Gasteiger partial charge is 0.153 e. The molecule has 2 heterocycles. The molecule has 9 heavy (non-hydrogen) atoms. The van der Waals surface area contributed by atoms with Crippen LogP contribution >= 0.6 is 0 Å². The highest BCUT2D eigenvalue weighted by atomic mass is 16.6. The number of rotatable bonds is 1. The fourth-order valence-corrected chi connectivity index (χ4v) is 0.914. The van der Waals surface area contributed by atoms with Crippen LogP contribution < -0.4 is 0 Å². The highest BCUT2D eigenvalue weighted by Crippen LogP contribution is 2.17. The molecule has 1 fully saturated rings. The van der Waals surface area contributed by atoms with Crippen LogP contribution in [0.2, 0.25) is 0 Å². The monoisotopic (exact) mass is 127 g/mol. The molecule has 0 aromatic rings. The molecular weight excluding hydrogens is 118 g/mol. The van der Waals surface area contributed by atoms with Crippen molar-refractivity contribution < 1.29 is 4.74 Å². The van der Waals surface area contributed by atoms with Crippen LogP contribution in [0, 0.1) is 0 Å². The van der Waals surface area contributed by atoms with Crippen LogP contribution in [0.1, 0.15) is 0 Å². The Morgan fingerprint density at radius 2 is 2.56 bits per heavy atom. The molecule has 4 nitrogen and oxygen atoms in total. The highest BCUT2D eigenvalue weighted by Gasteiger charge is 2.33. The van der Waals surface area contributed by atoms with E-state index in [0.29, 0.717) is 6.23 Å². The second kappa shape index (κ2) is 1.68. The number of aliphatic imine (C=N–C) groups is 1. The zero-order valence-electron chi connectivity index (χ0n) is 5.32. The average molecular weight is 127 g/mol. The minimum atomic E-state index is 0.303. The van der Waals surface area contributed by atoms with Gasteiger partial charge in [0.05, 0.1) is 6.61 Å². The summed E-state index contributed by atoms with van der Waals surface area (Å²) in [5, 5.41) is 4.03. The van der Waals surface area contributed by atoms with Gasteiger partial charge in [0.25, 0.3) is 0 Å². The van der Waals surface area contributed by atoms with E-state index in [4.69, 9.17) is 4.74 Å². The van der Waals surface area contributed by atoms with Crippen LogP contribution in [0.3, 0.4) is 0 Å². The molecule has 0 aromatic carbocycles. The number of ether oxygens (including phenoxy) is 1. The third-order valence-electron chi connectivity index (χ3n) is 1.53. The van der Waals surface area contributed by atoms with Gasteiger partial charge in [-0.1, -0.05) is 0 Å². The zero-order valence-corrected chi connectivity index (χ0v) is 5.32. The molecule has 0 aromatic heterocycles. The van der Waals surface area contributed by atoms with Crippen molar-refractivity contribution in [1.82, 2.24) is 10.0 Å². The summed E-state index contributed by atoms with van der Waals surface area (Å²) in [4.78, 5) is 4.05. The van der Waals surface area contributed by atoms with Gasteiger partial charge in [0.1, 0.15) is 13.0 Å². The van der Waals surface area contributed by atoms with Crippen molar-refractivity contribution >= 4 is 6.34 Å². The predicted molar refractivity (Wildman–Crippen MR) is 32.7 cm³/mol. The molecule has 4 heteroatoms. The second-order valence-electron chi connectivity index (χ2n) is 2.24. The summed E-state index contributed by atoms with van der Waals surface area (Å²) < 4.78 is 5.07. The maximum absolute atomic E-state index is 5.07. The van der Waals surface area contributed by atoms with E-state index >= 15 is 0 Å². The van der Waals surface area contributed by atoms with Gasteiger partial charge >= 0.3 is 0 Å². The first-order chi connectivity index (χ1) is 4.38. The predicted octanol–water partition coefficient (Wildman–Crippen LogP) is -0.509. The molecule has 2 rings (SSSR count). The van der Waals surface area contributed by atoms with Crippen molar-refractivity contribution in [2.24, 2.45) is 4.99 Å². The SMILES string of the molecule is CN1C=NCN1C1CO1. The van der Waals surface area contributed by atoms with Gasteiger partial charge in [-0.25, -0.2) is 0 Å². The third-order valence-corrected chi connectivity index (χ3v) is 1.53. The van der Waals surface area contributed by atoms with Crippen molar-refractivity contribution in [2.75, 3.05) is 20.3 Å². The molecular formula is C5H9N3O. The number of hydrogen-bond donors (Lipinski definition) is 0. The van der Waals surface area contributed by atoms with E-state index in [1.807, 2.05) is 18.4 Å². The van der Waals surface area contributed by atoms with Gasteiger partial charge in [-0.05, 0) is 0 Å². The summed E-state index contributed by atoms with van der Waals surface area (Å²) in [5.74, 6) is 0. The lowest BCUT2D eigenvalue weighted by atomic mass is 10.7. The molecule has 1 unspecified atom stereocenters. The molecule has 1 saturated heterocycles. The lowest BCUT2D eigenvalue weighted by Gasteiger charge is -2.19. The van der Waals surface area contributed by atoms with Gasteiger partial charge in [0, 0.05) is 7.05 Å². The zero-order chi connectivity index (χ0) is 6.27. The van der Waals surface area contributed by atoms with E-state index in [-0.39, 0.29) is 0 Å². The number of hydrazine groups is 1. The summed E-state index contributed by atoms with van der Waals surface area (Å²) >= 11 is 0. The van der Waals surface area contributed by atoms with Gasteiger partial charge in [-0.2, -0.15) is 5.01 Å². The molecule has 50 valence electrons. The Morgan fingerprint density at radius 3 is 3.00 bits per heavy atom. The normalized spacial score (nSPS) is 33.9. The number of epoxide rings is 1. The summed E-state index contributed by atoms with van der Waals surface area (Å²) in [5.41, 5.74) is 0. The van der Waals surface area contributed by atoms with Crippen LogP contribution in [0.5, 0.6) is 0 Å². The maximum Gasteiger partial charge on any atom is 0.153 e. The van der Waals surface area contributed by atoms with Gasteiger partial charge < -0.3 is 4.74 Å². The topological polar surface area (TPSA) is 31.4 Å². The molecule has 1 atom stereocenters. The molecule has 0 aliphatic carbocycles. The van der Waals surface area contributed by atoms with Crippen molar-refractivity contribution in [1.29, 1.82) is 0 Å². The van der Waals surface area contributed by atoms with Crippen LogP contribution in [0.4, 0.5) is 0 Å². The summed E-state index contributed by atoms with van der Waals surface area (Å²) in [7, 11) is 1.97. The Labute approximate surface area is 53.7 Å². The van der Waals surface area contributed by atoms with Gasteiger partial charge in [-0.15, -0.1) is 0 Å². The molecule has 0 N–H and O–H groups in total. The summed E-state index contributed by atoms with van der Waals surface area (Å²) in [6.07, 6.45) is 2.11. The highest BCUT2D eigenvalue weighted by molar-refractivity contribution is 5.55. The Morgan fingerprint density at radius 1 is 1.78 bits per heavy atom. The fraction of sp³-hybridized carbons (Fsp3) is 0.800. The lowest BCUT2D eigenvalue weighted by Crippen LogP contribution is -2.36. The van der Waals surface area contributed by atoms with E-state index in [0.717, 1.165) is 13.3 Å². The van der Waals surface area contributed by atoms with E-state index in [1.54, 1.807) is 0 Å². The molecule has 0 spiro atoms. The minimum absolute atomic E-state index is 0.303. The van der Waals surface area contributed by atoms with Crippen molar-refractivity contribution in [2.45, 2.75) is 6.23 Å². The van der Waals surface area contributed by atoms with Gasteiger partial charge in [0.2, 0.25) is 0 Å². The Kier molecular flexibility index (Phi) is 0.972.